The van der Waals surface area contributed by atoms with Crippen molar-refractivity contribution in [1.82, 2.24) is 39.2 Å². The summed E-state index contributed by atoms with van der Waals surface area (Å²) in [6.45, 7) is 0.926. The number of nitrogens with zero attached hydrogens (tertiary/aromatic N) is 6. The number of hydrogen-bond acceptors (Lipinski definition) is 14. The van der Waals surface area contributed by atoms with Crippen molar-refractivity contribution in [2.45, 2.75) is 46.1 Å². The number of carboxylic acid groups (broad SMARTS) is 2. The number of ether oxygens (including phenoxy) is 1. The summed E-state index contributed by atoms with van der Waals surface area (Å²) in [4.78, 5) is 26.3. The molecule has 468 valence electrons. The van der Waals surface area contributed by atoms with Gasteiger partial charge in [0.15, 0.2) is 0 Å². The predicted octanol–water partition coefficient (Wildman–Crippen LogP) is 8.58. The number of aryl methyl sites for hydroxylation is 2. The Balaban J connectivity index is 0.000000233. The Labute approximate surface area is 502 Å². The second-order valence-corrected chi connectivity index (χ2v) is 22.5. The van der Waals surface area contributed by atoms with E-state index in [1.807, 2.05) is 23.8 Å². The quantitative estimate of drug-likeness (QED) is 0.0445. The van der Waals surface area contributed by atoms with Gasteiger partial charge in [0.05, 0.1) is 57.4 Å². The summed E-state index contributed by atoms with van der Waals surface area (Å²) in [6.07, 6.45) is -2.77. The van der Waals surface area contributed by atoms with E-state index in [9.17, 15) is 72.0 Å². The Morgan fingerprint density at radius 1 is 0.719 bits per heavy atom. The number of imidazole rings is 2. The van der Waals surface area contributed by atoms with Crippen LogP contribution >= 0.6 is 0 Å². The number of aromatic nitrogens is 4. The molecule has 9 rings (SSSR count). The maximum atomic E-state index is 14.8. The lowest BCUT2D eigenvalue weighted by Crippen LogP contribution is -2.47. The first-order chi connectivity index (χ1) is 41.9. The van der Waals surface area contributed by atoms with Gasteiger partial charge < -0.3 is 29.2 Å². The highest BCUT2D eigenvalue weighted by atomic mass is 32.2. The number of aromatic hydroxyl groups is 1. The molecule has 2 atom stereocenters. The molecule has 0 amide bonds. The Hall–Kier alpha value is -9.63. The highest BCUT2D eigenvalue weighted by molar-refractivity contribution is 7.89. The molecule has 89 heavy (non-hydrogen) atoms. The summed E-state index contributed by atoms with van der Waals surface area (Å²) in [5, 5.41) is 49.9. The van der Waals surface area contributed by atoms with E-state index in [2.05, 4.69) is 36.1 Å². The van der Waals surface area contributed by atoms with Gasteiger partial charge in [-0.3, -0.25) is 10.6 Å². The van der Waals surface area contributed by atoms with Crippen molar-refractivity contribution in [2.24, 2.45) is 14.1 Å². The van der Waals surface area contributed by atoms with E-state index in [4.69, 9.17) is 24.5 Å². The number of hydrogen-bond donors (Lipinski definition) is 7. The molecule has 31 heteroatoms. The first-order valence-electron chi connectivity index (χ1n) is 25.8. The molecule has 7 N–H and O–H groups in total. The van der Waals surface area contributed by atoms with Crippen LogP contribution in [0.25, 0.3) is 0 Å². The number of carboxylic acids is 2. The summed E-state index contributed by atoms with van der Waals surface area (Å²) >= 11 is 0. The summed E-state index contributed by atoms with van der Waals surface area (Å²) in [5.74, 6) is -6.67. The van der Waals surface area contributed by atoms with Crippen LogP contribution in [0.15, 0.2) is 168 Å². The number of rotatable bonds is 12. The van der Waals surface area contributed by atoms with Crippen molar-refractivity contribution >= 4 is 32.0 Å². The normalized spacial score (nSPS) is 15.4. The minimum absolute atomic E-state index is 0.0611. The molecule has 0 aliphatic carbocycles. The highest BCUT2D eigenvalue weighted by Crippen LogP contribution is 2.41. The molecule has 4 bridgehead atoms. The molecule has 0 saturated carbocycles. The number of benzene rings is 6. The SMILES string of the molecule is Cn1cncc1C(NCCCNS(=O)(=O)c1cccc(O)c1)(c1ccc(F)cc1)c1ccc(C#N)c(F)c1.Cn1cncc1C1(c2ccc(F)cc2)NCCCNS(=O)(=O)c2cccc(c2)Oc2cc1ccc2C#N.O=C(O)C(F)(F)F.O=C(O)C(F)(F)F. The molecule has 0 fully saturated rings. The number of halogens is 9. The Morgan fingerprint density at radius 2 is 1.29 bits per heavy atom. The van der Waals surface area contributed by atoms with Gasteiger partial charge in [-0.2, -0.15) is 36.9 Å². The van der Waals surface area contributed by atoms with Crippen LogP contribution in [-0.2, 0) is 54.8 Å². The van der Waals surface area contributed by atoms with E-state index in [0.29, 0.717) is 36.2 Å². The number of nitriles is 2. The van der Waals surface area contributed by atoms with Crippen molar-refractivity contribution in [1.29, 1.82) is 10.5 Å². The third-order valence-corrected chi connectivity index (χ3v) is 16.0. The molecule has 6 aromatic carbocycles. The Kier molecular flexibility index (Phi) is 22.3. The molecule has 2 unspecified atom stereocenters. The molecule has 0 radical (unpaired) electrons. The largest absolute Gasteiger partial charge is 0.508 e. The molecule has 1 aliphatic heterocycles. The maximum absolute atomic E-state index is 14.8. The molecule has 0 saturated heterocycles. The van der Waals surface area contributed by atoms with Gasteiger partial charge in [0, 0.05) is 33.3 Å². The number of alkyl halides is 6. The van der Waals surface area contributed by atoms with Crippen LogP contribution in [0.5, 0.6) is 17.2 Å². The molecule has 20 nitrogen and oxygen atoms in total. The van der Waals surface area contributed by atoms with E-state index >= 15 is 0 Å². The number of sulfonamides is 2. The number of carbonyl (C=O) groups is 2. The van der Waals surface area contributed by atoms with E-state index in [1.54, 1.807) is 91.3 Å². The second-order valence-electron chi connectivity index (χ2n) is 19.0. The molecule has 8 aromatic rings. The van der Waals surface area contributed by atoms with Crippen molar-refractivity contribution < 1.29 is 86.0 Å². The lowest BCUT2D eigenvalue weighted by Gasteiger charge is -2.37. The summed E-state index contributed by atoms with van der Waals surface area (Å²) in [7, 11) is -3.98. The molecule has 3 heterocycles. The zero-order valence-corrected chi connectivity index (χ0v) is 48.0. The molecule has 1 aliphatic rings. The standard InChI is InChI=1S/C27H25F2N5O3S.C27H24FN5O3S.2C2HF3O2/c1-34-18-31-17-26(34)27(20-8-10-22(28)11-9-20,21-7-6-19(16-30)25(29)14-21)32-12-3-13-33-38(36,37)24-5-2-4-23(35)15-24;1-33-18-30-17-26(33)27(20-8-10-22(28)11-9-20)21-7-6-19(16-29)25(14-21)36-23-4-2-5-24(15-23)37(34,35)32-13-3-12-31-27;2*3-2(4,5)1(6)7/h2,4-11,14-15,17-18,32-33,35H,3,12-13H2,1H3;2,4-11,14-15,17-18,31-32H,3,12-13H2,1H3;2*(H,6,7). The third kappa shape index (κ3) is 16.9. The number of nitrogens with one attached hydrogen (secondary N) is 4. The molecular weight excluding hydrogens is 1230 g/mol. The van der Waals surface area contributed by atoms with Gasteiger partial charge >= 0.3 is 24.3 Å². The van der Waals surface area contributed by atoms with Crippen LogP contribution in [-0.4, -0.2) is 102 Å². The van der Waals surface area contributed by atoms with Crippen molar-refractivity contribution in [3.63, 3.8) is 0 Å². The van der Waals surface area contributed by atoms with Crippen LogP contribution in [0.4, 0.5) is 39.5 Å². The fraction of sp³-hybridized carbons (Fsp3) is 0.207. The first kappa shape index (κ1) is 68.5. The van der Waals surface area contributed by atoms with Gasteiger partial charge in [0.2, 0.25) is 20.0 Å². The lowest BCUT2D eigenvalue weighted by atomic mass is 9.79. The number of aliphatic carboxylic acids is 2. The van der Waals surface area contributed by atoms with Gasteiger partial charge in [-0.25, -0.2) is 59.0 Å². The van der Waals surface area contributed by atoms with Crippen LogP contribution < -0.4 is 24.8 Å². The monoisotopic (exact) mass is 1280 g/mol. The van der Waals surface area contributed by atoms with Crippen LogP contribution in [0, 0.1) is 40.1 Å². The minimum Gasteiger partial charge on any atom is -0.508 e. The molecule has 0 spiro atoms. The Morgan fingerprint density at radius 3 is 1.85 bits per heavy atom. The minimum atomic E-state index is -5.08. The second kappa shape index (κ2) is 28.9. The maximum Gasteiger partial charge on any atom is 0.490 e. The average Bonchev–Trinajstić information content (AvgIpc) is 1.76. The highest BCUT2D eigenvalue weighted by Gasteiger charge is 2.42. The van der Waals surface area contributed by atoms with E-state index in [1.165, 1.54) is 66.7 Å². The van der Waals surface area contributed by atoms with Crippen molar-refractivity contribution in [3.8, 4) is 29.4 Å². The van der Waals surface area contributed by atoms with Gasteiger partial charge in [-0.15, -0.1) is 0 Å². The number of fused-ring (bicyclic) bond motifs is 4. The average molecular weight is 1280 g/mol. The number of phenols is 1. The van der Waals surface area contributed by atoms with Crippen molar-refractivity contribution in [3.05, 3.63) is 221 Å². The Bertz CT molecular complexity index is 4100. The van der Waals surface area contributed by atoms with E-state index in [0.717, 1.165) is 22.9 Å². The lowest BCUT2D eigenvalue weighted by molar-refractivity contribution is -0.193. The van der Waals surface area contributed by atoms with Crippen LogP contribution in [0.2, 0.25) is 0 Å². The zero-order chi connectivity index (χ0) is 65.5. The fourth-order valence-corrected chi connectivity index (χ4v) is 11.1. The summed E-state index contributed by atoms with van der Waals surface area (Å²) in [6, 6.07) is 36.9. The van der Waals surface area contributed by atoms with E-state index in [-0.39, 0.29) is 63.6 Å². The topological polar surface area (TPSA) is 304 Å². The summed E-state index contributed by atoms with van der Waals surface area (Å²) in [5.41, 5.74) is 1.84. The molecular formula is C58H51F9N10O10S2. The van der Waals surface area contributed by atoms with Crippen LogP contribution in [0.3, 0.4) is 0 Å². The predicted molar refractivity (Wildman–Crippen MR) is 299 cm³/mol. The third-order valence-electron chi connectivity index (χ3n) is 13.0. The smallest absolute Gasteiger partial charge is 0.490 e. The van der Waals surface area contributed by atoms with Gasteiger partial charge in [-0.1, -0.05) is 48.5 Å². The van der Waals surface area contributed by atoms with E-state index < -0.39 is 67.1 Å². The van der Waals surface area contributed by atoms with Crippen LogP contribution in [0.1, 0.15) is 57.6 Å². The number of phenolic OH excluding ortho intramolecular Hbond substituents is 1. The zero-order valence-electron chi connectivity index (χ0n) is 46.4. The molecule has 2 aromatic heterocycles. The summed E-state index contributed by atoms with van der Waals surface area (Å²) < 4.78 is 172. The first-order valence-corrected chi connectivity index (χ1v) is 28.7. The fourth-order valence-electron chi connectivity index (χ4n) is 8.91. The van der Waals surface area contributed by atoms with Gasteiger partial charge in [0.25, 0.3) is 0 Å². The van der Waals surface area contributed by atoms with Crippen molar-refractivity contribution in [2.75, 3.05) is 26.2 Å². The van der Waals surface area contributed by atoms with Gasteiger partial charge in [0.1, 0.15) is 57.9 Å². The van der Waals surface area contributed by atoms with Gasteiger partial charge in [-0.05, 0) is 127 Å².